The summed E-state index contributed by atoms with van der Waals surface area (Å²) >= 11 is 0. The zero-order chi connectivity index (χ0) is 21.3. The van der Waals surface area contributed by atoms with E-state index < -0.39 is 10.4 Å². The number of rotatable bonds is 14. The highest BCUT2D eigenvalue weighted by Gasteiger charge is 2.17. The molecule has 0 aliphatic heterocycles. The van der Waals surface area contributed by atoms with Crippen LogP contribution < -0.4 is 10.6 Å². The van der Waals surface area contributed by atoms with Gasteiger partial charge in [-0.2, -0.15) is 8.42 Å². The molecule has 0 bridgehead atoms. The Morgan fingerprint density at radius 2 is 1.21 bits per heavy atom. The van der Waals surface area contributed by atoms with Gasteiger partial charge in [-0.25, -0.2) is 0 Å². The Morgan fingerprint density at radius 3 is 1.59 bits per heavy atom. The predicted molar refractivity (Wildman–Crippen MR) is 125 cm³/mol. The van der Waals surface area contributed by atoms with Gasteiger partial charge in [0.15, 0.2) is 0 Å². The minimum absolute atomic E-state index is 0. The van der Waals surface area contributed by atoms with Crippen LogP contribution in [0.3, 0.4) is 0 Å². The molecule has 1 aromatic rings. The Kier molecular flexibility index (Phi) is 18.6. The van der Waals surface area contributed by atoms with Crippen molar-refractivity contribution in [2.75, 3.05) is 27.7 Å². The lowest BCUT2D eigenvalue weighted by Crippen LogP contribution is -2.41. The summed E-state index contributed by atoms with van der Waals surface area (Å²) in [6, 6.07) is 10.9. The SMILES string of the molecule is CCCCCCCCCCCCC[N+](C)(C)c1ccccc1.COS(=O)(=O)O.N. The summed E-state index contributed by atoms with van der Waals surface area (Å²) in [5, 5.41) is 0. The van der Waals surface area contributed by atoms with Gasteiger partial charge in [-0.05, 0) is 25.0 Å². The second-order valence-electron chi connectivity index (χ2n) is 7.87. The number of nitrogens with zero attached hydrogens (tertiary/aromatic N) is 1. The van der Waals surface area contributed by atoms with Crippen molar-refractivity contribution in [1.82, 2.24) is 10.6 Å². The van der Waals surface area contributed by atoms with E-state index in [1.165, 1.54) is 82.9 Å². The van der Waals surface area contributed by atoms with Crippen LogP contribution in [0.2, 0.25) is 0 Å². The first-order chi connectivity index (χ1) is 13.2. The third kappa shape index (κ3) is 18.8. The molecule has 0 saturated carbocycles. The summed E-state index contributed by atoms with van der Waals surface area (Å²) in [6.45, 7) is 3.54. The second kappa shape index (κ2) is 17.8. The van der Waals surface area contributed by atoms with Crippen LogP contribution in [-0.2, 0) is 14.6 Å². The molecule has 0 aliphatic rings. The van der Waals surface area contributed by atoms with Gasteiger partial charge < -0.3 is 6.15 Å². The van der Waals surface area contributed by atoms with Crippen LogP contribution in [0.5, 0.6) is 0 Å². The van der Waals surface area contributed by atoms with E-state index in [4.69, 9.17) is 4.55 Å². The number of para-hydroxylation sites is 1. The maximum Gasteiger partial charge on any atom is 0.397 e. The molecule has 1 aromatic carbocycles. The van der Waals surface area contributed by atoms with Crippen LogP contribution in [0.4, 0.5) is 5.69 Å². The molecule has 0 radical (unpaired) electrons. The Morgan fingerprint density at radius 1 is 0.828 bits per heavy atom. The van der Waals surface area contributed by atoms with Crippen LogP contribution in [0, 0.1) is 0 Å². The van der Waals surface area contributed by atoms with Crippen LogP contribution in [0.1, 0.15) is 77.6 Å². The summed E-state index contributed by atoms with van der Waals surface area (Å²) < 4.78 is 30.7. The molecule has 1 rings (SSSR count). The van der Waals surface area contributed by atoms with Gasteiger partial charge in [-0.1, -0.05) is 82.9 Å². The minimum Gasteiger partial charge on any atom is -0.344 e. The second-order valence-corrected chi connectivity index (χ2v) is 9.06. The molecule has 7 heteroatoms. The van der Waals surface area contributed by atoms with Gasteiger partial charge in [0.1, 0.15) is 5.69 Å². The molecule has 0 fully saturated rings. The number of hydrogen-bond acceptors (Lipinski definition) is 4. The van der Waals surface area contributed by atoms with Crippen molar-refractivity contribution in [2.24, 2.45) is 0 Å². The number of benzene rings is 1. The van der Waals surface area contributed by atoms with Gasteiger partial charge in [-0.15, -0.1) is 0 Å². The minimum atomic E-state index is -4.16. The van der Waals surface area contributed by atoms with Crippen LogP contribution in [-0.4, -0.2) is 40.7 Å². The lowest BCUT2D eigenvalue weighted by atomic mass is 10.1. The highest BCUT2D eigenvalue weighted by atomic mass is 32.3. The smallest absolute Gasteiger partial charge is 0.344 e. The first-order valence-corrected chi connectivity index (χ1v) is 12.0. The molecule has 172 valence electrons. The first-order valence-electron chi connectivity index (χ1n) is 10.6. The van der Waals surface area contributed by atoms with Gasteiger partial charge in [-0.3, -0.25) is 13.2 Å². The monoisotopic (exact) mass is 433 g/mol. The summed E-state index contributed by atoms with van der Waals surface area (Å²) in [6.07, 6.45) is 15.6. The van der Waals surface area contributed by atoms with Crippen LogP contribution in [0.25, 0.3) is 0 Å². The molecule has 0 saturated heterocycles. The predicted octanol–water partition coefficient (Wildman–Crippen LogP) is 6.16. The van der Waals surface area contributed by atoms with Gasteiger partial charge in [0, 0.05) is 0 Å². The van der Waals surface area contributed by atoms with Crippen molar-refractivity contribution in [3.05, 3.63) is 30.3 Å². The molecule has 0 heterocycles. The highest BCUT2D eigenvalue weighted by molar-refractivity contribution is 7.80. The molecule has 4 N–H and O–H groups in total. The van der Waals surface area contributed by atoms with Gasteiger partial charge in [0.2, 0.25) is 0 Å². The zero-order valence-corrected chi connectivity index (χ0v) is 19.9. The summed E-state index contributed by atoms with van der Waals surface area (Å²) in [7, 11) is 1.36. The fraction of sp³-hybridized carbons (Fsp3) is 0.727. The average molecular weight is 434 g/mol. The normalized spacial score (nSPS) is 11.3. The topological polar surface area (TPSA) is 98.6 Å². The highest BCUT2D eigenvalue weighted by Crippen LogP contribution is 2.19. The Hall–Kier alpha value is -0.990. The summed E-state index contributed by atoms with van der Waals surface area (Å²) in [5.41, 5.74) is 1.43. The number of unbranched alkanes of at least 4 members (excludes halogenated alkanes) is 10. The summed E-state index contributed by atoms with van der Waals surface area (Å²) in [5.74, 6) is 0. The fourth-order valence-electron chi connectivity index (χ4n) is 3.13. The maximum absolute atomic E-state index is 9.33. The molecular weight excluding hydrogens is 388 g/mol. The van der Waals surface area contributed by atoms with Crippen molar-refractivity contribution in [2.45, 2.75) is 77.6 Å². The van der Waals surface area contributed by atoms with E-state index in [1.807, 2.05) is 0 Å². The largest absolute Gasteiger partial charge is 0.397 e. The number of hydrogen-bond donors (Lipinski definition) is 2. The van der Waals surface area contributed by atoms with E-state index in [0.29, 0.717) is 0 Å². The maximum atomic E-state index is 9.33. The van der Waals surface area contributed by atoms with Crippen molar-refractivity contribution in [1.29, 1.82) is 0 Å². The first kappa shape index (κ1) is 30.2. The van der Waals surface area contributed by atoms with Crippen molar-refractivity contribution < 1.29 is 17.2 Å². The molecule has 0 aromatic heterocycles. The lowest BCUT2D eigenvalue weighted by Gasteiger charge is -2.29. The van der Waals surface area contributed by atoms with Crippen molar-refractivity contribution in [3.63, 3.8) is 0 Å². The zero-order valence-electron chi connectivity index (χ0n) is 19.1. The average Bonchev–Trinajstić information content (AvgIpc) is 2.67. The van der Waals surface area contributed by atoms with E-state index >= 15 is 0 Å². The van der Waals surface area contributed by atoms with Crippen molar-refractivity contribution in [3.8, 4) is 0 Å². The quantitative estimate of drug-likeness (QED) is 0.208. The van der Waals surface area contributed by atoms with Crippen LogP contribution in [0.15, 0.2) is 30.3 Å². The molecule has 0 spiro atoms. The standard InChI is InChI=1S/C21H38N.CH4O4S.H3N/c1-4-5-6-7-8-9-10-11-12-13-17-20-22(2,3)21-18-15-14-16-19-21;1-5-6(2,3)4;/h14-16,18-19H,4-13,17,20H2,1-3H3;1H3,(H,2,3,4);1H3/q+1;;. The van der Waals surface area contributed by atoms with Crippen LogP contribution >= 0.6 is 0 Å². The third-order valence-corrected chi connectivity index (χ3v) is 5.41. The molecule has 6 nitrogen and oxygen atoms in total. The van der Waals surface area contributed by atoms with E-state index in [0.717, 1.165) is 11.6 Å². The molecule has 0 atom stereocenters. The van der Waals surface area contributed by atoms with Gasteiger partial charge in [0.05, 0.1) is 27.7 Å². The molecule has 0 aliphatic carbocycles. The van der Waals surface area contributed by atoms with Gasteiger partial charge >= 0.3 is 10.4 Å². The number of quaternary nitrogens is 1. The Bertz CT molecular complexity index is 578. The fourth-order valence-corrected chi connectivity index (χ4v) is 3.13. The van der Waals surface area contributed by atoms with E-state index in [2.05, 4.69) is 55.5 Å². The van der Waals surface area contributed by atoms with Gasteiger partial charge in [0.25, 0.3) is 0 Å². The lowest BCUT2D eigenvalue weighted by molar-refractivity contribution is 0.324. The Labute approximate surface area is 179 Å². The molecule has 0 amide bonds. The third-order valence-electron chi connectivity index (χ3n) is 4.99. The summed E-state index contributed by atoms with van der Waals surface area (Å²) in [4.78, 5) is 0. The molecule has 0 unspecified atom stereocenters. The van der Waals surface area contributed by atoms with E-state index in [-0.39, 0.29) is 6.15 Å². The molecular formula is C22H45N2O4S+. The van der Waals surface area contributed by atoms with E-state index in [1.54, 1.807) is 0 Å². The molecule has 29 heavy (non-hydrogen) atoms. The Balaban J connectivity index is 0. The van der Waals surface area contributed by atoms with Crippen molar-refractivity contribution >= 4 is 16.1 Å². The van der Waals surface area contributed by atoms with E-state index in [9.17, 15) is 8.42 Å².